The maximum absolute atomic E-state index is 11.4. The second-order valence-corrected chi connectivity index (χ2v) is 12.9. The van der Waals surface area contributed by atoms with E-state index in [1.54, 1.807) is 5.57 Å². The van der Waals surface area contributed by atoms with Gasteiger partial charge in [-0.1, -0.05) is 60.0 Å². The third kappa shape index (κ3) is 3.96. The SMILES string of the molecule is CC[C@@H](CC[C@@H](C)[C@H]1CCC2=C3[C@H](O)CC4C[C@@H](O)CC[C@]4(C)[C@H]3CC[C@@]21C)C(C)C. The molecule has 2 heteroatoms. The van der Waals surface area contributed by atoms with E-state index >= 15 is 0 Å². The van der Waals surface area contributed by atoms with Crippen LogP contribution in [0.5, 0.6) is 0 Å². The van der Waals surface area contributed by atoms with E-state index in [1.807, 2.05) is 0 Å². The van der Waals surface area contributed by atoms with Gasteiger partial charge in [-0.3, -0.25) is 0 Å². The van der Waals surface area contributed by atoms with Crippen molar-refractivity contribution >= 4 is 0 Å². The summed E-state index contributed by atoms with van der Waals surface area (Å²) in [6.07, 6.45) is 12.6. The van der Waals surface area contributed by atoms with Crippen molar-refractivity contribution in [2.24, 2.45) is 46.3 Å². The highest BCUT2D eigenvalue weighted by atomic mass is 16.3. The molecule has 1 unspecified atom stereocenters. The van der Waals surface area contributed by atoms with E-state index in [1.165, 1.54) is 50.5 Å². The summed E-state index contributed by atoms with van der Waals surface area (Å²) >= 11 is 0. The van der Waals surface area contributed by atoms with Gasteiger partial charge < -0.3 is 10.2 Å². The zero-order chi connectivity index (χ0) is 22.6. The summed E-state index contributed by atoms with van der Waals surface area (Å²) in [5.41, 5.74) is 3.75. The fourth-order valence-electron chi connectivity index (χ4n) is 9.08. The first kappa shape index (κ1) is 23.8. The van der Waals surface area contributed by atoms with Gasteiger partial charge in [0.2, 0.25) is 0 Å². The van der Waals surface area contributed by atoms with Crippen molar-refractivity contribution in [3.8, 4) is 0 Å². The molecule has 0 heterocycles. The van der Waals surface area contributed by atoms with Crippen LogP contribution in [0.25, 0.3) is 0 Å². The number of allylic oxidation sites excluding steroid dienone is 1. The molecule has 4 aliphatic rings. The molecule has 0 amide bonds. The monoisotopic (exact) mass is 430 g/mol. The van der Waals surface area contributed by atoms with Crippen LogP contribution >= 0.6 is 0 Å². The maximum atomic E-state index is 11.4. The lowest BCUT2D eigenvalue weighted by atomic mass is 9.48. The Morgan fingerprint density at radius 1 is 0.968 bits per heavy atom. The molecule has 0 aromatic carbocycles. The summed E-state index contributed by atoms with van der Waals surface area (Å²) < 4.78 is 0. The molecule has 4 aliphatic carbocycles. The quantitative estimate of drug-likeness (QED) is 0.440. The second-order valence-electron chi connectivity index (χ2n) is 12.9. The molecule has 0 aromatic rings. The van der Waals surface area contributed by atoms with Gasteiger partial charge in [0, 0.05) is 0 Å². The molecule has 0 aliphatic heterocycles. The van der Waals surface area contributed by atoms with E-state index in [4.69, 9.17) is 0 Å². The zero-order valence-corrected chi connectivity index (χ0v) is 21.3. The number of fused-ring (bicyclic) bond motifs is 4. The molecule has 3 saturated carbocycles. The third-order valence-electron chi connectivity index (χ3n) is 11.2. The number of hydrogen-bond acceptors (Lipinski definition) is 2. The standard InChI is InChI=1S/C29H50O2/c1-7-20(18(2)3)9-8-19(4)23-10-11-24-27-25(13-15-29(23,24)6)28(5)14-12-22(30)16-21(28)17-26(27)31/h18-23,25-26,30-31H,7-17H2,1-6H3/t19-,20+,21?,22+,23-,25+,26-,28+,29-/m1/s1. The Bertz CT molecular complexity index is 680. The Hall–Kier alpha value is -0.340. The number of rotatable bonds is 6. The predicted octanol–water partition coefficient (Wildman–Crippen LogP) is 7.14. The molecule has 0 saturated heterocycles. The Morgan fingerprint density at radius 3 is 2.39 bits per heavy atom. The highest BCUT2D eigenvalue weighted by Gasteiger charge is 2.57. The fourth-order valence-corrected chi connectivity index (χ4v) is 9.08. The summed E-state index contributed by atoms with van der Waals surface area (Å²) in [6.45, 7) is 14.7. The number of hydrogen-bond donors (Lipinski definition) is 2. The molecule has 3 fully saturated rings. The summed E-state index contributed by atoms with van der Waals surface area (Å²) in [4.78, 5) is 0. The normalized spacial score (nSPS) is 44.6. The molecule has 9 atom stereocenters. The molecule has 0 bridgehead atoms. The molecular weight excluding hydrogens is 380 g/mol. The largest absolute Gasteiger partial charge is 0.393 e. The van der Waals surface area contributed by atoms with Crippen molar-refractivity contribution < 1.29 is 10.2 Å². The molecule has 2 N–H and O–H groups in total. The maximum Gasteiger partial charge on any atom is 0.0758 e. The molecule has 178 valence electrons. The molecule has 0 aromatic heterocycles. The van der Waals surface area contributed by atoms with Crippen LogP contribution in [0.3, 0.4) is 0 Å². The molecule has 4 rings (SSSR count). The molecular formula is C29H50O2. The molecule has 31 heavy (non-hydrogen) atoms. The average molecular weight is 431 g/mol. The highest BCUT2D eigenvalue weighted by molar-refractivity contribution is 5.37. The van der Waals surface area contributed by atoms with Gasteiger partial charge in [0.25, 0.3) is 0 Å². The second kappa shape index (κ2) is 8.79. The Balaban J connectivity index is 1.56. The van der Waals surface area contributed by atoms with Crippen LogP contribution in [-0.2, 0) is 0 Å². The minimum absolute atomic E-state index is 0.150. The van der Waals surface area contributed by atoms with Gasteiger partial charge in [-0.25, -0.2) is 0 Å². The Kier molecular flexibility index (Phi) is 6.75. The van der Waals surface area contributed by atoms with Gasteiger partial charge in [0.05, 0.1) is 12.2 Å². The first-order chi connectivity index (χ1) is 14.6. The van der Waals surface area contributed by atoms with Crippen molar-refractivity contribution in [1.29, 1.82) is 0 Å². The van der Waals surface area contributed by atoms with Crippen molar-refractivity contribution in [2.45, 2.75) is 124 Å². The van der Waals surface area contributed by atoms with Crippen molar-refractivity contribution in [3.05, 3.63) is 11.1 Å². The van der Waals surface area contributed by atoms with Crippen LogP contribution < -0.4 is 0 Å². The van der Waals surface area contributed by atoms with Crippen LogP contribution in [0.2, 0.25) is 0 Å². The van der Waals surface area contributed by atoms with E-state index in [-0.39, 0.29) is 17.6 Å². The number of aliphatic hydroxyl groups excluding tert-OH is 2. The van der Waals surface area contributed by atoms with E-state index in [9.17, 15) is 10.2 Å². The van der Waals surface area contributed by atoms with Crippen molar-refractivity contribution in [1.82, 2.24) is 0 Å². The molecule has 0 radical (unpaired) electrons. The van der Waals surface area contributed by atoms with Gasteiger partial charge in [-0.2, -0.15) is 0 Å². The topological polar surface area (TPSA) is 40.5 Å². The average Bonchev–Trinajstić information content (AvgIpc) is 3.06. The molecule has 0 spiro atoms. The van der Waals surface area contributed by atoms with Crippen LogP contribution in [0.15, 0.2) is 11.1 Å². The first-order valence-corrected chi connectivity index (χ1v) is 13.7. The Labute approximate surface area is 192 Å². The van der Waals surface area contributed by atoms with Crippen LogP contribution in [-0.4, -0.2) is 22.4 Å². The minimum Gasteiger partial charge on any atom is -0.393 e. The van der Waals surface area contributed by atoms with Gasteiger partial charge in [0.1, 0.15) is 0 Å². The lowest BCUT2D eigenvalue weighted by Gasteiger charge is -2.58. The zero-order valence-electron chi connectivity index (χ0n) is 21.3. The van der Waals surface area contributed by atoms with Crippen LogP contribution in [0.4, 0.5) is 0 Å². The van der Waals surface area contributed by atoms with Gasteiger partial charge in [-0.15, -0.1) is 0 Å². The van der Waals surface area contributed by atoms with E-state index in [2.05, 4.69) is 41.5 Å². The minimum atomic E-state index is -0.262. The smallest absolute Gasteiger partial charge is 0.0758 e. The van der Waals surface area contributed by atoms with Crippen molar-refractivity contribution in [2.75, 3.05) is 0 Å². The summed E-state index contributed by atoms with van der Waals surface area (Å²) in [5.74, 6) is 4.26. The van der Waals surface area contributed by atoms with E-state index in [0.717, 1.165) is 49.4 Å². The lowest BCUT2D eigenvalue weighted by Crippen LogP contribution is -2.52. The van der Waals surface area contributed by atoms with E-state index < -0.39 is 0 Å². The van der Waals surface area contributed by atoms with Gasteiger partial charge >= 0.3 is 0 Å². The predicted molar refractivity (Wildman–Crippen MR) is 130 cm³/mol. The molecule has 2 nitrogen and oxygen atoms in total. The van der Waals surface area contributed by atoms with Crippen molar-refractivity contribution in [3.63, 3.8) is 0 Å². The third-order valence-corrected chi connectivity index (χ3v) is 11.2. The highest BCUT2D eigenvalue weighted by Crippen LogP contribution is 2.65. The van der Waals surface area contributed by atoms with Crippen LogP contribution in [0, 0.1) is 46.3 Å². The number of aliphatic hydroxyl groups is 2. The Morgan fingerprint density at radius 2 is 1.71 bits per heavy atom. The van der Waals surface area contributed by atoms with Gasteiger partial charge in [0.15, 0.2) is 0 Å². The summed E-state index contributed by atoms with van der Waals surface area (Å²) in [7, 11) is 0. The van der Waals surface area contributed by atoms with Crippen LogP contribution in [0.1, 0.15) is 112 Å². The fraction of sp³-hybridized carbons (Fsp3) is 0.931. The lowest BCUT2D eigenvalue weighted by molar-refractivity contribution is -0.0665. The van der Waals surface area contributed by atoms with Gasteiger partial charge in [-0.05, 0) is 110 Å². The first-order valence-electron chi connectivity index (χ1n) is 13.7. The summed E-state index contributed by atoms with van der Waals surface area (Å²) in [5, 5.41) is 21.6. The van der Waals surface area contributed by atoms with E-state index in [0.29, 0.717) is 17.3 Å². The summed E-state index contributed by atoms with van der Waals surface area (Å²) in [6, 6.07) is 0.